The Bertz CT molecular complexity index is 487. The minimum absolute atomic E-state index is 0.0886. The van der Waals surface area contributed by atoms with Gasteiger partial charge in [0.2, 0.25) is 0 Å². The molecule has 0 heterocycles. The lowest BCUT2D eigenvalue weighted by atomic mass is 10.1. The number of carboxylic acid groups (broad SMARTS) is 1. The average molecular weight is 320 g/mol. The van der Waals surface area contributed by atoms with E-state index in [1.54, 1.807) is 0 Å². The second-order valence-electron chi connectivity index (χ2n) is 3.71. The fourth-order valence-electron chi connectivity index (χ4n) is 1.03. The Hall–Kier alpha value is -1.67. The first kappa shape index (κ1) is 14.4. The Morgan fingerprint density at radius 3 is 2.72 bits per heavy atom. The van der Waals surface area contributed by atoms with Crippen LogP contribution in [0.4, 0.5) is 5.69 Å². The standard InChI is InChI=1S/C10H10BrNO6/c1-10(15,9(13)14)5-18-7-4-2-3-6(8(7)11)12(16)17/h2-4,15H,5H2,1H3,(H,13,14). The van der Waals surface area contributed by atoms with Crippen molar-refractivity contribution in [3.05, 3.63) is 32.8 Å². The van der Waals surface area contributed by atoms with Crippen LogP contribution >= 0.6 is 15.9 Å². The number of hydrogen-bond acceptors (Lipinski definition) is 5. The van der Waals surface area contributed by atoms with E-state index in [1.165, 1.54) is 18.2 Å². The van der Waals surface area contributed by atoms with Crippen molar-refractivity contribution in [2.45, 2.75) is 12.5 Å². The number of aliphatic carboxylic acids is 1. The van der Waals surface area contributed by atoms with Crippen LogP contribution in [0.1, 0.15) is 6.92 Å². The third-order valence-corrected chi connectivity index (χ3v) is 2.91. The highest BCUT2D eigenvalue weighted by Crippen LogP contribution is 2.34. The van der Waals surface area contributed by atoms with Gasteiger partial charge in [0.1, 0.15) is 16.8 Å². The molecule has 0 aliphatic carbocycles. The highest BCUT2D eigenvalue weighted by Gasteiger charge is 2.31. The third-order valence-electron chi connectivity index (χ3n) is 2.11. The van der Waals surface area contributed by atoms with Gasteiger partial charge in [0.15, 0.2) is 5.60 Å². The van der Waals surface area contributed by atoms with Crippen LogP contribution in [0, 0.1) is 10.1 Å². The number of aliphatic hydroxyl groups is 1. The minimum Gasteiger partial charge on any atom is -0.488 e. The minimum atomic E-state index is -2.07. The fourth-order valence-corrected chi connectivity index (χ4v) is 1.56. The van der Waals surface area contributed by atoms with Gasteiger partial charge in [-0.25, -0.2) is 4.79 Å². The van der Waals surface area contributed by atoms with Crippen molar-refractivity contribution in [1.82, 2.24) is 0 Å². The zero-order valence-corrected chi connectivity index (χ0v) is 10.9. The number of carboxylic acids is 1. The lowest BCUT2D eigenvalue weighted by Gasteiger charge is -2.18. The molecular formula is C10H10BrNO6. The molecular weight excluding hydrogens is 310 g/mol. The normalized spacial score (nSPS) is 13.7. The lowest BCUT2D eigenvalue weighted by Crippen LogP contribution is -2.41. The van der Waals surface area contributed by atoms with E-state index in [-0.39, 0.29) is 15.9 Å². The number of rotatable bonds is 5. The van der Waals surface area contributed by atoms with Crippen LogP contribution in [-0.2, 0) is 4.79 Å². The number of hydrogen-bond donors (Lipinski definition) is 2. The summed E-state index contributed by atoms with van der Waals surface area (Å²) in [6.07, 6.45) is 0. The van der Waals surface area contributed by atoms with Crippen LogP contribution in [0.15, 0.2) is 22.7 Å². The molecule has 1 rings (SSSR count). The van der Waals surface area contributed by atoms with Gasteiger partial charge in [0.05, 0.1) is 4.92 Å². The maximum atomic E-state index is 10.7. The lowest BCUT2D eigenvalue weighted by molar-refractivity contribution is -0.385. The quantitative estimate of drug-likeness (QED) is 0.629. The molecule has 0 radical (unpaired) electrons. The van der Waals surface area contributed by atoms with Gasteiger partial charge in [0.25, 0.3) is 5.69 Å². The Morgan fingerprint density at radius 2 is 2.22 bits per heavy atom. The van der Waals surface area contributed by atoms with E-state index in [0.29, 0.717) is 0 Å². The first-order valence-electron chi connectivity index (χ1n) is 4.77. The molecule has 0 aromatic heterocycles. The first-order chi connectivity index (χ1) is 8.25. The number of halogens is 1. The van der Waals surface area contributed by atoms with Crippen molar-refractivity contribution in [2.24, 2.45) is 0 Å². The summed E-state index contributed by atoms with van der Waals surface area (Å²) in [7, 11) is 0. The van der Waals surface area contributed by atoms with Gasteiger partial charge in [-0.05, 0) is 28.9 Å². The fraction of sp³-hybridized carbons (Fsp3) is 0.300. The molecule has 0 spiro atoms. The molecule has 2 N–H and O–H groups in total. The van der Waals surface area contributed by atoms with Crippen LogP contribution in [-0.4, -0.2) is 33.3 Å². The second-order valence-corrected chi connectivity index (χ2v) is 4.51. The van der Waals surface area contributed by atoms with Crippen LogP contribution in [0.2, 0.25) is 0 Å². The molecule has 18 heavy (non-hydrogen) atoms. The van der Waals surface area contributed by atoms with E-state index in [2.05, 4.69) is 15.9 Å². The van der Waals surface area contributed by atoms with Gasteiger partial charge in [-0.15, -0.1) is 0 Å². The van der Waals surface area contributed by atoms with E-state index in [1.807, 2.05) is 0 Å². The molecule has 0 aliphatic rings. The number of benzene rings is 1. The van der Waals surface area contributed by atoms with E-state index < -0.39 is 23.1 Å². The maximum Gasteiger partial charge on any atom is 0.339 e. The van der Waals surface area contributed by atoms with Crippen LogP contribution in [0.25, 0.3) is 0 Å². The van der Waals surface area contributed by atoms with Gasteiger partial charge in [-0.1, -0.05) is 6.07 Å². The van der Waals surface area contributed by atoms with Gasteiger partial charge in [-0.2, -0.15) is 0 Å². The summed E-state index contributed by atoms with van der Waals surface area (Å²) in [5.41, 5.74) is -2.27. The largest absolute Gasteiger partial charge is 0.488 e. The van der Waals surface area contributed by atoms with E-state index in [4.69, 9.17) is 9.84 Å². The molecule has 0 bridgehead atoms. The summed E-state index contributed by atoms with van der Waals surface area (Å²) in [5, 5.41) is 28.8. The summed E-state index contributed by atoms with van der Waals surface area (Å²) < 4.78 is 5.17. The van der Waals surface area contributed by atoms with Crippen molar-refractivity contribution in [3.8, 4) is 5.75 Å². The monoisotopic (exact) mass is 319 g/mol. The highest BCUT2D eigenvalue weighted by atomic mass is 79.9. The smallest absolute Gasteiger partial charge is 0.339 e. The topological polar surface area (TPSA) is 110 Å². The SMILES string of the molecule is CC(O)(COc1cccc([N+](=O)[O-])c1Br)C(=O)O. The van der Waals surface area contributed by atoms with Crippen molar-refractivity contribution in [1.29, 1.82) is 0 Å². The Kier molecular flexibility index (Phi) is 4.25. The summed E-state index contributed by atoms with van der Waals surface area (Å²) in [4.78, 5) is 20.7. The van der Waals surface area contributed by atoms with Crippen molar-refractivity contribution < 1.29 is 24.7 Å². The molecule has 1 aromatic rings. The van der Waals surface area contributed by atoms with E-state index in [9.17, 15) is 20.0 Å². The molecule has 8 heteroatoms. The zero-order valence-electron chi connectivity index (χ0n) is 9.29. The third kappa shape index (κ3) is 3.17. The molecule has 0 amide bonds. The Labute approximate surface area is 110 Å². The molecule has 0 fully saturated rings. The van der Waals surface area contributed by atoms with Gasteiger partial charge in [-0.3, -0.25) is 10.1 Å². The zero-order chi connectivity index (χ0) is 13.9. The Balaban J connectivity index is 2.90. The number of nitro groups is 1. The van der Waals surface area contributed by atoms with Crippen molar-refractivity contribution in [3.63, 3.8) is 0 Å². The maximum absolute atomic E-state index is 10.7. The van der Waals surface area contributed by atoms with Crippen LogP contribution < -0.4 is 4.74 Å². The number of nitro benzene ring substituents is 1. The van der Waals surface area contributed by atoms with Gasteiger partial charge < -0.3 is 14.9 Å². The number of nitrogens with zero attached hydrogens (tertiary/aromatic N) is 1. The van der Waals surface area contributed by atoms with Crippen molar-refractivity contribution in [2.75, 3.05) is 6.61 Å². The molecule has 0 saturated heterocycles. The number of ether oxygens (including phenoxy) is 1. The first-order valence-corrected chi connectivity index (χ1v) is 5.56. The van der Waals surface area contributed by atoms with E-state index in [0.717, 1.165) is 6.92 Å². The molecule has 1 atom stereocenters. The Morgan fingerprint density at radius 1 is 1.61 bits per heavy atom. The van der Waals surface area contributed by atoms with Gasteiger partial charge >= 0.3 is 5.97 Å². The molecule has 0 saturated carbocycles. The molecule has 98 valence electrons. The van der Waals surface area contributed by atoms with E-state index >= 15 is 0 Å². The molecule has 1 unspecified atom stereocenters. The summed E-state index contributed by atoms with van der Waals surface area (Å²) in [6.45, 7) is 0.544. The number of carbonyl (C=O) groups is 1. The van der Waals surface area contributed by atoms with Crippen molar-refractivity contribution >= 4 is 27.6 Å². The summed E-state index contributed by atoms with van der Waals surface area (Å²) in [5.74, 6) is -1.35. The van der Waals surface area contributed by atoms with Gasteiger partial charge in [0, 0.05) is 6.07 Å². The summed E-state index contributed by atoms with van der Waals surface area (Å²) in [6, 6.07) is 4.09. The predicted octanol–water partition coefficient (Wildman–Crippen LogP) is 1.57. The predicted molar refractivity (Wildman–Crippen MR) is 64.6 cm³/mol. The van der Waals surface area contributed by atoms with Crippen LogP contribution in [0.3, 0.4) is 0 Å². The molecule has 7 nitrogen and oxygen atoms in total. The second kappa shape index (κ2) is 5.32. The molecule has 0 aliphatic heterocycles. The average Bonchev–Trinajstić information content (AvgIpc) is 2.27. The highest BCUT2D eigenvalue weighted by molar-refractivity contribution is 9.10. The summed E-state index contributed by atoms with van der Waals surface area (Å²) >= 11 is 2.99. The van der Waals surface area contributed by atoms with Crippen LogP contribution in [0.5, 0.6) is 5.75 Å². The molecule has 1 aromatic carbocycles.